The molecule has 2 unspecified atom stereocenters. The molecule has 3 rings (SSSR count). The summed E-state index contributed by atoms with van der Waals surface area (Å²) in [4.78, 5) is 24.9. The van der Waals surface area contributed by atoms with E-state index in [2.05, 4.69) is 16.0 Å². The van der Waals surface area contributed by atoms with Crippen molar-refractivity contribution in [1.82, 2.24) is 16.0 Å². The highest BCUT2D eigenvalue weighted by Crippen LogP contribution is 2.31. The molecule has 8 heteroatoms. The predicted molar refractivity (Wildman–Crippen MR) is 101 cm³/mol. The van der Waals surface area contributed by atoms with E-state index in [1.54, 1.807) is 13.8 Å². The van der Waals surface area contributed by atoms with Crippen molar-refractivity contribution in [2.24, 2.45) is 0 Å². The molecule has 3 N–H and O–H groups in total. The first-order valence-electron chi connectivity index (χ1n) is 9.16. The van der Waals surface area contributed by atoms with Crippen molar-refractivity contribution in [2.45, 2.75) is 44.2 Å². The Bertz CT molecular complexity index is 880. The van der Waals surface area contributed by atoms with Gasteiger partial charge < -0.3 is 10.6 Å². The molecular formula is C21H22F3N3O2. The molecule has 2 amide bonds. The maximum absolute atomic E-state index is 12.8. The first-order chi connectivity index (χ1) is 13.6. The molecular weight excluding hydrogens is 383 g/mol. The van der Waals surface area contributed by atoms with E-state index in [0.717, 1.165) is 17.7 Å². The number of carbonyl (C=O) groups is 2. The summed E-state index contributed by atoms with van der Waals surface area (Å²) in [7, 11) is 0. The van der Waals surface area contributed by atoms with Crippen molar-refractivity contribution in [3.63, 3.8) is 0 Å². The fraction of sp³-hybridized carbons (Fsp3) is 0.333. The number of benzene rings is 2. The molecule has 0 spiro atoms. The SMILES string of the molecule is CC(C)(NC(=O)C1CC(=O)NC(c2ccccc2)N1)c1ccc(C(F)(F)F)cc1. The first-order valence-corrected chi connectivity index (χ1v) is 9.16. The van der Waals surface area contributed by atoms with Crippen LogP contribution in [-0.4, -0.2) is 17.9 Å². The molecule has 1 heterocycles. The zero-order valence-corrected chi connectivity index (χ0v) is 16.0. The van der Waals surface area contributed by atoms with Crippen LogP contribution in [0.4, 0.5) is 13.2 Å². The van der Waals surface area contributed by atoms with Gasteiger partial charge in [-0.2, -0.15) is 13.2 Å². The van der Waals surface area contributed by atoms with Gasteiger partial charge in [-0.05, 0) is 37.1 Å². The maximum atomic E-state index is 12.8. The van der Waals surface area contributed by atoms with Gasteiger partial charge in [-0.25, -0.2) is 0 Å². The van der Waals surface area contributed by atoms with E-state index in [0.29, 0.717) is 5.56 Å². The highest BCUT2D eigenvalue weighted by molar-refractivity contribution is 5.90. The largest absolute Gasteiger partial charge is 0.416 e. The molecule has 1 fully saturated rings. The smallest absolute Gasteiger partial charge is 0.346 e. The fourth-order valence-corrected chi connectivity index (χ4v) is 3.24. The van der Waals surface area contributed by atoms with Gasteiger partial charge in [0, 0.05) is 0 Å². The van der Waals surface area contributed by atoms with Gasteiger partial charge in [-0.3, -0.25) is 14.9 Å². The van der Waals surface area contributed by atoms with E-state index < -0.39 is 35.4 Å². The van der Waals surface area contributed by atoms with Crippen LogP contribution in [0, 0.1) is 0 Å². The lowest BCUT2D eigenvalue weighted by Crippen LogP contribution is -2.58. The topological polar surface area (TPSA) is 70.2 Å². The number of rotatable bonds is 4. The van der Waals surface area contributed by atoms with Gasteiger partial charge in [-0.15, -0.1) is 0 Å². The molecule has 5 nitrogen and oxygen atoms in total. The Hall–Kier alpha value is -2.87. The Balaban J connectivity index is 1.71. The van der Waals surface area contributed by atoms with Crippen molar-refractivity contribution in [1.29, 1.82) is 0 Å². The molecule has 0 aromatic heterocycles. The third kappa shape index (κ3) is 4.95. The van der Waals surface area contributed by atoms with Crippen LogP contribution in [-0.2, 0) is 21.3 Å². The van der Waals surface area contributed by atoms with E-state index in [1.807, 2.05) is 30.3 Å². The normalized spacial score (nSPS) is 20.1. The lowest BCUT2D eigenvalue weighted by Gasteiger charge is -2.34. The summed E-state index contributed by atoms with van der Waals surface area (Å²) in [6, 6.07) is 13.1. The molecule has 154 valence electrons. The lowest BCUT2D eigenvalue weighted by molar-refractivity contribution is -0.137. The molecule has 0 radical (unpaired) electrons. The zero-order chi connectivity index (χ0) is 21.2. The van der Waals surface area contributed by atoms with Crippen LogP contribution in [0.1, 0.15) is 43.1 Å². The number of nitrogens with one attached hydrogen (secondary N) is 3. The number of hydrogen-bond donors (Lipinski definition) is 3. The quantitative estimate of drug-likeness (QED) is 0.732. The van der Waals surface area contributed by atoms with Crippen molar-refractivity contribution in [3.05, 3.63) is 71.3 Å². The van der Waals surface area contributed by atoms with Crippen molar-refractivity contribution in [3.8, 4) is 0 Å². The number of hydrogen-bond acceptors (Lipinski definition) is 3. The van der Waals surface area contributed by atoms with Gasteiger partial charge in [0.15, 0.2) is 0 Å². The number of amides is 2. The van der Waals surface area contributed by atoms with Crippen LogP contribution in [0.15, 0.2) is 54.6 Å². The van der Waals surface area contributed by atoms with Crippen LogP contribution < -0.4 is 16.0 Å². The number of carbonyl (C=O) groups excluding carboxylic acids is 2. The molecule has 1 aliphatic heterocycles. The van der Waals surface area contributed by atoms with Gasteiger partial charge in [0.1, 0.15) is 6.17 Å². The van der Waals surface area contributed by atoms with Crippen LogP contribution in [0.5, 0.6) is 0 Å². The molecule has 2 atom stereocenters. The number of alkyl halides is 3. The summed E-state index contributed by atoms with van der Waals surface area (Å²) in [5, 5.41) is 8.74. The Morgan fingerprint density at radius 3 is 2.17 bits per heavy atom. The standard InChI is InChI=1S/C21H22F3N3O2/c1-20(2,14-8-10-15(11-9-14)21(22,23)24)27-19(29)16-12-17(28)26-18(25-16)13-6-4-3-5-7-13/h3-11,16,18,25H,12H2,1-2H3,(H,26,28)(H,27,29). The fourth-order valence-electron chi connectivity index (χ4n) is 3.24. The number of halogens is 3. The molecule has 0 aliphatic carbocycles. The van der Waals surface area contributed by atoms with E-state index in [4.69, 9.17) is 0 Å². The van der Waals surface area contributed by atoms with Gasteiger partial charge in [-0.1, -0.05) is 42.5 Å². The van der Waals surface area contributed by atoms with Gasteiger partial charge in [0.05, 0.1) is 23.6 Å². The third-order valence-corrected chi connectivity index (χ3v) is 4.88. The second kappa shape index (κ2) is 7.87. The Morgan fingerprint density at radius 1 is 1.00 bits per heavy atom. The minimum absolute atomic E-state index is 0.0295. The zero-order valence-electron chi connectivity index (χ0n) is 16.0. The Morgan fingerprint density at radius 2 is 1.59 bits per heavy atom. The summed E-state index contributed by atoms with van der Waals surface area (Å²) < 4.78 is 38.3. The lowest BCUT2D eigenvalue weighted by atomic mass is 9.92. The average Bonchev–Trinajstić information content (AvgIpc) is 2.67. The summed E-state index contributed by atoms with van der Waals surface area (Å²) in [6.45, 7) is 3.40. The molecule has 2 aromatic carbocycles. The van der Waals surface area contributed by atoms with Crippen LogP contribution >= 0.6 is 0 Å². The summed E-state index contributed by atoms with van der Waals surface area (Å²) in [5.41, 5.74) is -0.322. The van der Waals surface area contributed by atoms with Crippen molar-refractivity contribution >= 4 is 11.8 Å². The van der Waals surface area contributed by atoms with E-state index >= 15 is 0 Å². The molecule has 2 aromatic rings. The van der Waals surface area contributed by atoms with Crippen LogP contribution in [0.3, 0.4) is 0 Å². The average molecular weight is 405 g/mol. The minimum Gasteiger partial charge on any atom is -0.346 e. The van der Waals surface area contributed by atoms with Gasteiger partial charge in [0.25, 0.3) is 0 Å². The first kappa shape index (κ1) is 20.9. The third-order valence-electron chi connectivity index (χ3n) is 4.88. The second-order valence-electron chi connectivity index (χ2n) is 7.52. The Labute approximate surface area is 166 Å². The molecule has 0 bridgehead atoms. The van der Waals surface area contributed by atoms with E-state index in [9.17, 15) is 22.8 Å². The Kier molecular flexibility index (Phi) is 5.66. The van der Waals surface area contributed by atoms with Crippen molar-refractivity contribution < 1.29 is 22.8 Å². The summed E-state index contributed by atoms with van der Waals surface area (Å²) in [5.74, 6) is -0.657. The van der Waals surface area contributed by atoms with E-state index in [-0.39, 0.29) is 12.3 Å². The van der Waals surface area contributed by atoms with Crippen molar-refractivity contribution in [2.75, 3.05) is 0 Å². The van der Waals surface area contributed by atoms with Gasteiger partial charge in [0.2, 0.25) is 11.8 Å². The highest BCUT2D eigenvalue weighted by Gasteiger charge is 2.35. The molecule has 0 saturated carbocycles. The van der Waals surface area contributed by atoms with Gasteiger partial charge >= 0.3 is 6.18 Å². The predicted octanol–water partition coefficient (Wildman–Crippen LogP) is 3.23. The highest BCUT2D eigenvalue weighted by atomic mass is 19.4. The molecule has 1 saturated heterocycles. The summed E-state index contributed by atoms with van der Waals surface area (Å²) in [6.07, 6.45) is -4.95. The summed E-state index contributed by atoms with van der Waals surface area (Å²) >= 11 is 0. The maximum Gasteiger partial charge on any atom is 0.416 e. The molecule has 29 heavy (non-hydrogen) atoms. The minimum atomic E-state index is -4.42. The van der Waals surface area contributed by atoms with Crippen LogP contribution in [0.25, 0.3) is 0 Å². The van der Waals surface area contributed by atoms with E-state index in [1.165, 1.54) is 12.1 Å². The van der Waals surface area contributed by atoms with Crippen LogP contribution in [0.2, 0.25) is 0 Å². The monoisotopic (exact) mass is 405 g/mol. The molecule has 1 aliphatic rings. The second-order valence-corrected chi connectivity index (χ2v) is 7.52.